The number of aliphatic hydroxyl groups excluding tert-OH is 1. The molecule has 0 bridgehead atoms. The number of rotatable bonds is 3. The summed E-state index contributed by atoms with van der Waals surface area (Å²) in [6.45, 7) is 1.89. The van der Waals surface area contributed by atoms with Gasteiger partial charge in [0, 0.05) is 11.3 Å². The van der Waals surface area contributed by atoms with Crippen LogP contribution in [-0.2, 0) is 6.42 Å². The maximum Gasteiger partial charge on any atom is 0.126 e. The van der Waals surface area contributed by atoms with Gasteiger partial charge in [0.05, 0.1) is 6.10 Å². The first kappa shape index (κ1) is 12.2. The molecule has 90 valence electrons. The van der Waals surface area contributed by atoms with Crippen molar-refractivity contribution in [3.8, 4) is 0 Å². The lowest BCUT2D eigenvalue weighted by molar-refractivity contribution is 0.180. The Balaban J connectivity index is 2.21. The van der Waals surface area contributed by atoms with E-state index in [1.54, 1.807) is 0 Å². The summed E-state index contributed by atoms with van der Waals surface area (Å²) in [5.41, 5.74) is 1.17. The molecule has 2 rings (SSSR count). The molecule has 2 aromatic rings. The standard InChI is InChI=1S/C13H12F2OS/c1-8-4-5-17-13(8)12(16)7-9-6-10(14)2-3-11(9)15/h2-6,12,16H,7H2,1H3. The molecule has 1 aromatic carbocycles. The Labute approximate surface area is 102 Å². The van der Waals surface area contributed by atoms with Crippen LogP contribution in [0.25, 0.3) is 0 Å². The largest absolute Gasteiger partial charge is 0.387 e. The first-order valence-corrected chi connectivity index (χ1v) is 6.12. The Morgan fingerprint density at radius 3 is 2.71 bits per heavy atom. The van der Waals surface area contributed by atoms with Gasteiger partial charge in [-0.1, -0.05) is 0 Å². The zero-order valence-electron chi connectivity index (χ0n) is 9.28. The minimum atomic E-state index is -0.786. The normalized spacial score (nSPS) is 12.7. The lowest BCUT2D eigenvalue weighted by Gasteiger charge is -2.11. The molecule has 0 aliphatic rings. The summed E-state index contributed by atoms with van der Waals surface area (Å²) >= 11 is 1.42. The quantitative estimate of drug-likeness (QED) is 0.887. The van der Waals surface area contributed by atoms with E-state index in [1.807, 2.05) is 18.4 Å². The fraction of sp³-hybridized carbons (Fsp3) is 0.231. The summed E-state index contributed by atoms with van der Waals surface area (Å²) < 4.78 is 26.4. The van der Waals surface area contributed by atoms with Gasteiger partial charge in [-0.15, -0.1) is 11.3 Å². The smallest absolute Gasteiger partial charge is 0.126 e. The number of aryl methyl sites for hydroxylation is 1. The summed E-state index contributed by atoms with van der Waals surface area (Å²) in [5.74, 6) is -0.976. The minimum Gasteiger partial charge on any atom is -0.387 e. The molecule has 0 aliphatic heterocycles. The Hall–Kier alpha value is -1.26. The number of halogens is 2. The Morgan fingerprint density at radius 2 is 2.06 bits per heavy atom. The molecule has 1 aromatic heterocycles. The third-order valence-corrected chi connectivity index (χ3v) is 3.75. The van der Waals surface area contributed by atoms with E-state index in [9.17, 15) is 13.9 Å². The van der Waals surface area contributed by atoms with Crippen LogP contribution in [0.4, 0.5) is 8.78 Å². The summed E-state index contributed by atoms with van der Waals surface area (Å²) in [5, 5.41) is 11.9. The minimum absolute atomic E-state index is 0.0882. The van der Waals surface area contributed by atoms with Crippen LogP contribution in [0.15, 0.2) is 29.6 Å². The molecule has 4 heteroatoms. The van der Waals surface area contributed by atoms with E-state index in [2.05, 4.69) is 0 Å². The predicted octanol–water partition coefficient (Wildman–Crippen LogP) is 3.61. The van der Waals surface area contributed by atoms with Gasteiger partial charge in [0.1, 0.15) is 11.6 Å². The van der Waals surface area contributed by atoms with E-state index >= 15 is 0 Å². The van der Waals surface area contributed by atoms with Crippen molar-refractivity contribution in [2.24, 2.45) is 0 Å². The van der Waals surface area contributed by atoms with Gasteiger partial charge >= 0.3 is 0 Å². The van der Waals surface area contributed by atoms with Gasteiger partial charge in [-0.2, -0.15) is 0 Å². The van der Waals surface area contributed by atoms with Crippen molar-refractivity contribution in [3.63, 3.8) is 0 Å². The zero-order valence-corrected chi connectivity index (χ0v) is 10.1. The Bertz CT molecular complexity index is 522. The van der Waals surface area contributed by atoms with Crippen LogP contribution in [-0.4, -0.2) is 5.11 Å². The summed E-state index contributed by atoms with van der Waals surface area (Å²) in [6, 6.07) is 5.17. The molecule has 1 unspecified atom stereocenters. The van der Waals surface area contributed by atoms with Crippen molar-refractivity contribution in [1.82, 2.24) is 0 Å². The number of benzene rings is 1. The molecule has 0 amide bonds. The number of thiophene rings is 1. The van der Waals surface area contributed by atoms with Gasteiger partial charge in [-0.05, 0) is 47.7 Å². The highest BCUT2D eigenvalue weighted by atomic mass is 32.1. The van der Waals surface area contributed by atoms with Crippen molar-refractivity contribution in [1.29, 1.82) is 0 Å². The highest BCUT2D eigenvalue weighted by Crippen LogP contribution is 2.27. The maximum atomic E-state index is 13.4. The van der Waals surface area contributed by atoms with Crippen molar-refractivity contribution in [3.05, 3.63) is 57.3 Å². The van der Waals surface area contributed by atoms with Crippen LogP contribution >= 0.6 is 11.3 Å². The highest BCUT2D eigenvalue weighted by molar-refractivity contribution is 7.10. The average molecular weight is 254 g/mol. The van der Waals surface area contributed by atoms with Crippen molar-refractivity contribution >= 4 is 11.3 Å². The third-order valence-electron chi connectivity index (χ3n) is 2.63. The number of hydrogen-bond donors (Lipinski definition) is 1. The van der Waals surface area contributed by atoms with Crippen molar-refractivity contribution in [2.45, 2.75) is 19.4 Å². The van der Waals surface area contributed by atoms with Gasteiger partial charge in [-0.25, -0.2) is 8.78 Å². The third kappa shape index (κ3) is 2.70. The molecular weight excluding hydrogens is 242 g/mol. The molecule has 0 spiro atoms. The SMILES string of the molecule is Cc1ccsc1C(O)Cc1cc(F)ccc1F. The Morgan fingerprint density at radius 1 is 1.29 bits per heavy atom. The van der Waals surface area contributed by atoms with Crippen LogP contribution in [0, 0.1) is 18.6 Å². The number of aliphatic hydroxyl groups is 1. The first-order chi connectivity index (χ1) is 8.08. The molecule has 1 nitrogen and oxygen atoms in total. The second kappa shape index (κ2) is 4.94. The van der Waals surface area contributed by atoms with Crippen molar-refractivity contribution < 1.29 is 13.9 Å². The zero-order chi connectivity index (χ0) is 12.4. The van der Waals surface area contributed by atoms with E-state index < -0.39 is 17.7 Å². The molecule has 1 atom stereocenters. The highest BCUT2D eigenvalue weighted by Gasteiger charge is 2.15. The topological polar surface area (TPSA) is 20.2 Å². The van der Waals surface area contributed by atoms with Crippen LogP contribution in [0.3, 0.4) is 0 Å². The Kier molecular flexibility index (Phi) is 3.54. The van der Waals surface area contributed by atoms with Gasteiger partial charge in [0.2, 0.25) is 0 Å². The molecule has 0 radical (unpaired) electrons. The van der Waals surface area contributed by atoms with Crippen LogP contribution in [0.2, 0.25) is 0 Å². The van der Waals surface area contributed by atoms with Crippen molar-refractivity contribution in [2.75, 3.05) is 0 Å². The van der Waals surface area contributed by atoms with E-state index in [-0.39, 0.29) is 12.0 Å². The van der Waals surface area contributed by atoms with Gasteiger partial charge in [0.25, 0.3) is 0 Å². The predicted molar refractivity (Wildman–Crippen MR) is 64.1 cm³/mol. The summed E-state index contributed by atoms with van der Waals surface area (Å²) in [7, 11) is 0. The fourth-order valence-corrected chi connectivity index (χ4v) is 2.64. The molecule has 0 fully saturated rings. The van der Waals surface area contributed by atoms with Gasteiger partial charge < -0.3 is 5.11 Å². The molecule has 17 heavy (non-hydrogen) atoms. The second-order valence-corrected chi connectivity index (χ2v) is 4.87. The van der Waals surface area contributed by atoms with Gasteiger partial charge in [0.15, 0.2) is 0 Å². The molecule has 1 N–H and O–H groups in total. The van der Waals surface area contributed by atoms with E-state index in [0.717, 1.165) is 28.6 Å². The monoisotopic (exact) mass is 254 g/mol. The maximum absolute atomic E-state index is 13.4. The lowest BCUT2D eigenvalue weighted by atomic mass is 10.0. The summed E-state index contributed by atoms with van der Waals surface area (Å²) in [6.07, 6.45) is -0.698. The molecule has 1 heterocycles. The van der Waals surface area contributed by atoms with E-state index in [0.29, 0.717) is 0 Å². The summed E-state index contributed by atoms with van der Waals surface area (Å²) in [4.78, 5) is 0.800. The second-order valence-electron chi connectivity index (χ2n) is 3.92. The molecular formula is C13H12F2OS. The van der Waals surface area contributed by atoms with Crippen LogP contribution < -0.4 is 0 Å². The fourth-order valence-electron chi connectivity index (χ4n) is 1.73. The molecule has 0 saturated heterocycles. The van der Waals surface area contributed by atoms with Gasteiger partial charge in [-0.3, -0.25) is 0 Å². The lowest BCUT2D eigenvalue weighted by Crippen LogP contribution is -2.03. The van der Waals surface area contributed by atoms with Crippen LogP contribution in [0.5, 0.6) is 0 Å². The molecule has 0 saturated carbocycles. The average Bonchev–Trinajstić information content (AvgIpc) is 2.70. The number of hydrogen-bond acceptors (Lipinski definition) is 2. The van der Waals surface area contributed by atoms with Crippen LogP contribution in [0.1, 0.15) is 22.1 Å². The van der Waals surface area contributed by atoms with E-state index in [4.69, 9.17) is 0 Å². The molecule has 0 aliphatic carbocycles. The van der Waals surface area contributed by atoms with E-state index in [1.165, 1.54) is 11.3 Å². The first-order valence-electron chi connectivity index (χ1n) is 5.24.